The highest BCUT2D eigenvalue weighted by atomic mass is 35.5. The Hall–Kier alpha value is -6.27. The molecule has 0 aliphatic carbocycles. The number of hydrogen-bond acceptors (Lipinski definition) is 14. The van der Waals surface area contributed by atoms with Crippen molar-refractivity contribution < 1.29 is 46.9 Å². The Kier molecular flexibility index (Phi) is 18.2. The third kappa shape index (κ3) is 13.4. The molecule has 0 radical (unpaired) electrons. The summed E-state index contributed by atoms with van der Waals surface area (Å²) >= 11 is 5.69. The topological polar surface area (TPSA) is 228 Å². The van der Waals surface area contributed by atoms with Crippen molar-refractivity contribution in [1.29, 1.82) is 0 Å². The van der Waals surface area contributed by atoms with Gasteiger partial charge in [-0.1, -0.05) is 11.6 Å². The van der Waals surface area contributed by atoms with Crippen LogP contribution in [0, 0.1) is 25.5 Å². The number of amides is 2. The number of benzene rings is 2. The van der Waals surface area contributed by atoms with Crippen LogP contribution in [0.25, 0.3) is 0 Å². The van der Waals surface area contributed by atoms with Crippen molar-refractivity contribution in [3.63, 3.8) is 0 Å². The van der Waals surface area contributed by atoms with Gasteiger partial charge in [0, 0.05) is 38.3 Å². The Morgan fingerprint density at radius 1 is 0.698 bits per heavy atom. The number of nitrogen functional groups attached to an aromatic ring is 2. The van der Waals surface area contributed by atoms with Crippen LogP contribution in [0.15, 0.2) is 48.5 Å². The largest absolute Gasteiger partial charge is 0.496 e. The molecule has 2 aliphatic heterocycles. The maximum absolute atomic E-state index is 14.0. The summed E-state index contributed by atoms with van der Waals surface area (Å²) < 4.78 is 47.9. The van der Waals surface area contributed by atoms with Gasteiger partial charge in [0.15, 0.2) is 0 Å². The first-order valence-corrected chi connectivity index (χ1v) is 20.7. The molecule has 4 aromatic rings. The number of likely N-dealkylation sites (tertiary alicyclic amines) is 2. The zero-order valence-electron chi connectivity index (χ0n) is 36.3. The van der Waals surface area contributed by atoms with Crippen LogP contribution in [0.5, 0.6) is 11.5 Å². The Bertz CT molecular complexity index is 2250. The van der Waals surface area contributed by atoms with E-state index in [0.717, 1.165) is 50.9 Å². The minimum absolute atomic E-state index is 0.00876. The lowest BCUT2D eigenvalue weighted by Crippen LogP contribution is -2.43. The van der Waals surface area contributed by atoms with Crippen molar-refractivity contribution in [2.75, 3.05) is 70.4 Å². The predicted octanol–water partition coefficient (Wildman–Crippen LogP) is 6.95. The van der Waals surface area contributed by atoms with Crippen molar-refractivity contribution in [2.45, 2.75) is 65.5 Å². The summed E-state index contributed by atoms with van der Waals surface area (Å²) in [6, 6.07) is 11.7. The molecule has 4 heterocycles. The van der Waals surface area contributed by atoms with Gasteiger partial charge in [-0.25, -0.2) is 28.3 Å². The molecule has 6 rings (SSSR count). The van der Waals surface area contributed by atoms with E-state index in [-0.39, 0.29) is 74.8 Å². The van der Waals surface area contributed by atoms with Crippen molar-refractivity contribution >= 4 is 52.8 Å². The standard InChI is InChI=1S/C22H27FN4O4.C14H12ClFN2O2.C8H16N2O2/c1-4-31-22(29)27-9-7-14(8-10-27)25-19-6-5-15(21(24)26-19)20(28)16-12-17(23)13(2)11-18(16)30-3;1-7-5-11(20-2)9(6-10(7)16)13(19)8-3-4-12(15)18-14(8)17;1-2-12-8(11)10-5-3-7(9)4-6-10/h5-6,11-12,14H,4,7-10H2,1-3H3,(H3,24,25,26);3-6H,1-2H3,(H2,17,18);7H,2-6,9H2,1H3. The number of hydrogen-bond donors (Lipinski definition) is 4. The smallest absolute Gasteiger partial charge is 0.409 e. The van der Waals surface area contributed by atoms with Crippen molar-refractivity contribution in [3.8, 4) is 11.5 Å². The Morgan fingerprint density at radius 3 is 1.54 bits per heavy atom. The summed E-state index contributed by atoms with van der Waals surface area (Å²) in [6.07, 6.45) is 2.75. The number of pyridine rings is 2. The minimum Gasteiger partial charge on any atom is -0.496 e. The lowest BCUT2D eigenvalue weighted by molar-refractivity contribution is 0.0969. The lowest BCUT2D eigenvalue weighted by atomic mass is 10.0. The maximum Gasteiger partial charge on any atom is 0.409 e. The molecule has 0 spiro atoms. The number of methoxy groups -OCH3 is 2. The number of ketones is 2. The number of halogens is 3. The highest BCUT2D eigenvalue weighted by molar-refractivity contribution is 6.29. The summed E-state index contributed by atoms with van der Waals surface area (Å²) in [4.78, 5) is 59.8. The average molecular weight is 897 g/mol. The number of nitrogens with one attached hydrogen (secondary N) is 1. The van der Waals surface area contributed by atoms with Crippen molar-refractivity contribution in [1.82, 2.24) is 19.8 Å². The zero-order valence-corrected chi connectivity index (χ0v) is 37.0. The maximum atomic E-state index is 14.0. The molecule has 16 nitrogen and oxygen atoms in total. The Balaban J connectivity index is 0.000000232. The van der Waals surface area contributed by atoms with Crippen LogP contribution in [0.3, 0.4) is 0 Å². The fourth-order valence-electron chi connectivity index (χ4n) is 6.61. The number of piperidine rings is 2. The molecule has 0 atom stereocenters. The number of anilines is 3. The van der Waals surface area contributed by atoms with Crippen LogP contribution < -0.4 is 32.0 Å². The van der Waals surface area contributed by atoms with Crippen molar-refractivity contribution in [2.24, 2.45) is 5.73 Å². The van der Waals surface area contributed by atoms with Crippen LogP contribution in [0.2, 0.25) is 5.15 Å². The molecule has 2 aromatic heterocycles. The fourth-order valence-corrected chi connectivity index (χ4v) is 6.76. The first-order chi connectivity index (χ1) is 30.0. The van der Waals surface area contributed by atoms with E-state index >= 15 is 0 Å². The van der Waals surface area contributed by atoms with Crippen LogP contribution >= 0.6 is 11.6 Å². The molecule has 0 saturated carbocycles. The lowest BCUT2D eigenvalue weighted by Gasteiger charge is -2.31. The molecule has 7 N–H and O–H groups in total. The summed E-state index contributed by atoms with van der Waals surface area (Å²) in [5.41, 5.74) is 18.7. The molecule has 2 saturated heterocycles. The molecule has 2 amide bonds. The molecule has 2 aromatic carbocycles. The van der Waals surface area contributed by atoms with Gasteiger partial charge in [0.1, 0.15) is 45.7 Å². The third-order valence-corrected chi connectivity index (χ3v) is 10.4. The number of aryl methyl sites for hydroxylation is 2. The molecule has 2 fully saturated rings. The molecular formula is C44H55ClF2N8O8. The molecular weight excluding hydrogens is 842 g/mol. The SMILES string of the molecule is CCOC(=O)N1CCC(N)CC1.CCOC(=O)N1CCC(Nc2ccc(C(=O)c3cc(F)c(C)cc3OC)c(N)n2)CC1.COc1cc(C)c(F)cc1C(=O)c1ccc(Cl)nc1N. The van der Waals surface area contributed by atoms with Gasteiger partial charge in [-0.3, -0.25) is 9.59 Å². The number of nitrogens with zero attached hydrogens (tertiary/aromatic N) is 4. The number of carbonyl (C=O) groups excluding carboxylic acids is 4. The van der Waals surface area contributed by atoms with E-state index in [0.29, 0.717) is 43.2 Å². The van der Waals surface area contributed by atoms with E-state index in [1.54, 1.807) is 42.7 Å². The van der Waals surface area contributed by atoms with E-state index in [1.807, 2.05) is 6.92 Å². The molecule has 0 bridgehead atoms. The van der Waals surface area contributed by atoms with Gasteiger partial charge in [0.05, 0.1) is 49.7 Å². The normalized spacial score (nSPS) is 14.0. The second-order valence-corrected chi connectivity index (χ2v) is 15.0. The van der Waals surface area contributed by atoms with Crippen LogP contribution in [0.4, 0.5) is 35.8 Å². The molecule has 0 unspecified atom stereocenters. The number of nitrogens with two attached hydrogens (primary N) is 3. The first kappa shape index (κ1) is 49.4. The summed E-state index contributed by atoms with van der Waals surface area (Å²) in [7, 11) is 2.83. The zero-order chi connectivity index (χ0) is 46.4. The van der Waals surface area contributed by atoms with Gasteiger partial charge in [0.2, 0.25) is 11.6 Å². The second kappa shape index (κ2) is 23.3. The van der Waals surface area contributed by atoms with Crippen LogP contribution in [-0.4, -0.2) is 109 Å². The summed E-state index contributed by atoms with van der Waals surface area (Å²) in [6.45, 7) is 10.2. The van der Waals surface area contributed by atoms with Crippen molar-refractivity contribution in [3.05, 3.63) is 98.7 Å². The van der Waals surface area contributed by atoms with Gasteiger partial charge in [0.25, 0.3) is 0 Å². The third-order valence-electron chi connectivity index (χ3n) is 10.2. The minimum atomic E-state index is -0.497. The van der Waals surface area contributed by atoms with Gasteiger partial charge < -0.3 is 51.3 Å². The van der Waals surface area contributed by atoms with E-state index < -0.39 is 23.2 Å². The van der Waals surface area contributed by atoms with Crippen LogP contribution in [0.1, 0.15) is 82.5 Å². The first-order valence-electron chi connectivity index (χ1n) is 20.3. The van der Waals surface area contributed by atoms with Crippen LogP contribution in [-0.2, 0) is 9.47 Å². The van der Waals surface area contributed by atoms with E-state index in [2.05, 4.69) is 15.3 Å². The number of carbonyl (C=O) groups is 4. The number of aromatic nitrogens is 2. The van der Waals surface area contributed by atoms with E-state index in [1.165, 1.54) is 38.5 Å². The van der Waals surface area contributed by atoms with Gasteiger partial charge in [-0.05, 0) is 113 Å². The fraction of sp³-hybridized carbons (Fsp3) is 0.409. The second-order valence-electron chi connectivity index (χ2n) is 14.6. The Morgan fingerprint density at radius 2 is 1.13 bits per heavy atom. The quantitative estimate of drug-likeness (QED) is 0.0933. The summed E-state index contributed by atoms with van der Waals surface area (Å²) in [5, 5.41) is 3.47. The number of rotatable bonds is 10. The average Bonchev–Trinajstić information content (AvgIpc) is 3.26. The molecule has 19 heteroatoms. The highest BCUT2D eigenvalue weighted by Crippen LogP contribution is 2.29. The van der Waals surface area contributed by atoms with E-state index in [9.17, 15) is 28.0 Å². The van der Waals surface area contributed by atoms with E-state index in [4.69, 9.17) is 47.7 Å². The van der Waals surface area contributed by atoms with Gasteiger partial charge in [-0.15, -0.1) is 0 Å². The summed E-state index contributed by atoms with van der Waals surface area (Å²) in [5.74, 6) is -0.796. The predicted molar refractivity (Wildman–Crippen MR) is 236 cm³/mol. The number of ether oxygens (including phenoxy) is 4. The van der Waals surface area contributed by atoms with Gasteiger partial charge >= 0.3 is 12.2 Å². The van der Waals surface area contributed by atoms with Gasteiger partial charge in [-0.2, -0.15) is 0 Å². The molecule has 2 aliphatic rings. The monoisotopic (exact) mass is 896 g/mol. The molecule has 340 valence electrons. The molecule has 63 heavy (non-hydrogen) atoms. The highest BCUT2D eigenvalue weighted by Gasteiger charge is 2.26. The Labute approximate surface area is 370 Å².